The molecule has 1 aromatic rings. The summed E-state index contributed by atoms with van der Waals surface area (Å²) >= 11 is 0. The molecule has 0 saturated heterocycles. The number of nitrogens with zero attached hydrogens (tertiary/aromatic N) is 2. The van der Waals surface area contributed by atoms with E-state index in [1.54, 1.807) is 17.7 Å². The molecule has 1 atom stereocenters. The van der Waals surface area contributed by atoms with E-state index in [0.717, 1.165) is 5.69 Å². The first-order valence-corrected chi connectivity index (χ1v) is 3.57. The molecular formula is C7H13N3O. The number of nitrogen functional groups attached to an aromatic ring is 1. The van der Waals surface area contributed by atoms with Gasteiger partial charge in [-0.2, -0.15) is 5.10 Å². The van der Waals surface area contributed by atoms with Crippen LogP contribution in [0.25, 0.3) is 0 Å². The van der Waals surface area contributed by atoms with E-state index in [0.29, 0.717) is 12.4 Å². The number of aromatic nitrogens is 2. The van der Waals surface area contributed by atoms with Gasteiger partial charge >= 0.3 is 0 Å². The van der Waals surface area contributed by atoms with Crippen LogP contribution in [-0.4, -0.2) is 21.0 Å². The van der Waals surface area contributed by atoms with Crippen molar-refractivity contribution in [3.8, 4) is 0 Å². The standard InChI is InChI=1S/C7H13N3O/c1-5-3-7(8)9-10(5)4-6(2)11/h3,6,11H,4H2,1-2H3,(H2,8,9). The predicted octanol–water partition coefficient (Wildman–Crippen LogP) is 0.155. The Morgan fingerprint density at radius 2 is 2.45 bits per heavy atom. The summed E-state index contributed by atoms with van der Waals surface area (Å²) in [6.07, 6.45) is -0.381. The number of hydrogen-bond acceptors (Lipinski definition) is 3. The molecule has 11 heavy (non-hydrogen) atoms. The van der Waals surface area contributed by atoms with E-state index in [9.17, 15) is 0 Å². The number of rotatable bonds is 2. The zero-order chi connectivity index (χ0) is 8.43. The fourth-order valence-corrected chi connectivity index (χ4v) is 0.971. The fraction of sp³-hybridized carbons (Fsp3) is 0.571. The van der Waals surface area contributed by atoms with Crippen LogP contribution < -0.4 is 5.73 Å². The van der Waals surface area contributed by atoms with Crippen LogP contribution >= 0.6 is 0 Å². The molecule has 1 aromatic heterocycles. The molecule has 0 aromatic carbocycles. The van der Waals surface area contributed by atoms with Gasteiger partial charge in [0.1, 0.15) is 5.82 Å². The molecule has 0 radical (unpaired) electrons. The Morgan fingerprint density at radius 1 is 1.82 bits per heavy atom. The van der Waals surface area contributed by atoms with Crippen LogP contribution in [0.2, 0.25) is 0 Å². The summed E-state index contributed by atoms with van der Waals surface area (Å²) in [5, 5.41) is 13.0. The summed E-state index contributed by atoms with van der Waals surface area (Å²) in [6, 6.07) is 1.78. The molecule has 3 N–H and O–H groups in total. The van der Waals surface area contributed by atoms with Crippen LogP contribution in [0.1, 0.15) is 12.6 Å². The van der Waals surface area contributed by atoms with Gasteiger partial charge in [-0.1, -0.05) is 0 Å². The van der Waals surface area contributed by atoms with E-state index >= 15 is 0 Å². The van der Waals surface area contributed by atoms with E-state index in [1.165, 1.54) is 0 Å². The lowest BCUT2D eigenvalue weighted by molar-refractivity contribution is 0.167. The maximum absolute atomic E-state index is 9.04. The Kier molecular flexibility index (Phi) is 2.14. The van der Waals surface area contributed by atoms with Crippen molar-refractivity contribution in [3.05, 3.63) is 11.8 Å². The van der Waals surface area contributed by atoms with Gasteiger partial charge < -0.3 is 10.8 Å². The Bertz CT molecular complexity index is 242. The molecule has 0 amide bonds. The van der Waals surface area contributed by atoms with Crippen molar-refractivity contribution in [1.82, 2.24) is 9.78 Å². The lowest BCUT2D eigenvalue weighted by Crippen LogP contribution is -2.14. The fourth-order valence-electron chi connectivity index (χ4n) is 0.971. The van der Waals surface area contributed by atoms with Crippen molar-refractivity contribution in [1.29, 1.82) is 0 Å². The Balaban J connectivity index is 2.77. The van der Waals surface area contributed by atoms with Crippen molar-refractivity contribution >= 4 is 5.82 Å². The Labute approximate surface area is 65.6 Å². The molecule has 1 unspecified atom stereocenters. The quantitative estimate of drug-likeness (QED) is 0.639. The summed E-state index contributed by atoms with van der Waals surface area (Å²) in [5.74, 6) is 0.503. The van der Waals surface area contributed by atoms with E-state index in [-0.39, 0.29) is 6.10 Å². The molecule has 0 spiro atoms. The summed E-state index contributed by atoms with van der Waals surface area (Å²) in [7, 11) is 0. The largest absolute Gasteiger partial charge is 0.391 e. The molecule has 4 heteroatoms. The third kappa shape index (κ3) is 1.94. The minimum Gasteiger partial charge on any atom is -0.391 e. The number of aliphatic hydroxyl groups is 1. The first-order chi connectivity index (χ1) is 5.09. The highest BCUT2D eigenvalue weighted by molar-refractivity contribution is 5.28. The van der Waals surface area contributed by atoms with Crippen molar-refractivity contribution in [2.75, 3.05) is 5.73 Å². The average molecular weight is 155 g/mol. The van der Waals surface area contributed by atoms with E-state index in [2.05, 4.69) is 5.10 Å². The first kappa shape index (κ1) is 8.07. The number of anilines is 1. The molecule has 0 aliphatic carbocycles. The van der Waals surface area contributed by atoms with Crippen LogP contribution in [0.3, 0.4) is 0 Å². The van der Waals surface area contributed by atoms with Gasteiger partial charge in [-0.05, 0) is 13.8 Å². The van der Waals surface area contributed by atoms with Crippen molar-refractivity contribution in [2.45, 2.75) is 26.5 Å². The third-order valence-corrected chi connectivity index (χ3v) is 1.44. The minimum atomic E-state index is -0.381. The maximum atomic E-state index is 9.04. The molecule has 1 heterocycles. The van der Waals surface area contributed by atoms with Crippen LogP contribution in [0.4, 0.5) is 5.82 Å². The van der Waals surface area contributed by atoms with Crippen molar-refractivity contribution in [2.24, 2.45) is 0 Å². The second-order valence-electron chi connectivity index (χ2n) is 2.74. The SMILES string of the molecule is Cc1cc(N)nn1CC(C)O. The lowest BCUT2D eigenvalue weighted by Gasteiger charge is -2.05. The van der Waals surface area contributed by atoms with E-state index < -0.39 is 0 Å². The Hall–Kier alpha value is -1.03. The van der Waals surface area contributed by atoms with Crippen LogP contribution in [0.5, 0.6) is 0 Å². The molecule has 0 saturated carbocycles. The van der Waals surface area contributed by atoms with E-state index in [4.69, 9.17) is 10.8 Å². The van der Waals surface area contributed by atoms with E-state index in [1.807, 2.05) is 6.92 Å². The molecule has 0 aliphatic heterocycles. The number of nitrogens with two attached hydrogens (primary N) is 1. The second-order valence-corrected chi connectivity index (χ2v) is 2.74. The predicted molar refractivity (Wildman–Crippen MR) is 43.1 cm³/mol. The first-order valence-electron chi connectivity index (χ1n) is 3.57. The molecule has 0 fully saturated rings. The topological polar surface area (TPSA) is 64.1 Å². The van der Waals surface area contributed by atoms with Crippen molar-refractivity contribution < 1.29 is 5.11 Å². The van der Waals surface area contributed by atoms with Crippen LogP contribution in [0, 0.1) is 6.92 Å². The van der Waals surface area contributed by atoms with Gasteiger partial charge in [0, 0.05) is 11.8 Å². The molecule has 4 nitrogen and oxygen atoms in total. The minimum absolute atomic E-state index is 0.381. The monoisotopic (exact) mass is 155 g/mol. The van der Waals surface area contributed by atoms with Gasteiger partial charge in [0.15, 0.2) is 0 Å². The Morgan fingerprint density at radius 3 is 2.82 bits per heavy atom. The van der Waals surface area contributed by atoms with Crippen molar-refractivity contribution in [3.63, 3.8) is 0 Å². The molecule has 0 bridgehead atoms. The summed E-state index contributed by atoms with van der Waals surface area (Å²) in [5.41, 5.74) is 6.42. The maximum Gasteiger partial charge on any atom is 0.145 e. The van der Waals surface area contributed by atoms with Gasteiger partial charge in [0.05, 0.1) is 12.6 Å². The zero-order valence-corrected chi connectivity index (χ0v) is 6.78. The van der Waals surface area contributed by atoms with Gasteiger partial charge in [-0.15, -0.1) is 0 Å². The molecule has 1 rings (SSSR count). The van der Waals surface area contributed by atoms with Crippen LogP contribution in [0.15, 0.2) is 6.07 Å². The van der Waals surface area contributed by atoms with Gasteiger partial charge in [-0.3, -0.25) is 4.68 Å². The van der Waals surface area contributed by atoms with Gasteiger partial charge in [0.2, 0.25) is 0 Å². The van der Waals surface area contributed by atoms with Gasteiger partial charge in [-0.25, -0.2) is 0 Å². The summed E-state index contributed by atoms with van der Waals surface area (Å²) in [6.45, 7) is 4.13. The number of hydrogen-bond donors (Lipinski definition) is 2. The van der Waals surface area contributed by atoms with Crippen LogP contribution in [-0.2, 0) is 6.54 Å². The zero-order valence-electron chi connectivity index (χ0n) is 6.78. The highest BCUT2D eigenvalue weighted by atomic mass is 16.3. The molecule has 62 valence electrons. The second kappa shape index (κ2) is 2.92. The summed E-state index contributed by atoms with van der Waals surface area (Å²) < 4.78 is 1.69. The summed E-state index contributed by atoms with van der Waals surface area (Å²) in [4.78, 5) is 0. The lowest BCUT2D eigenvalue weighted by atomic mass is 10.4. The highest BCUT2D eigenvalue weighted by Crippen LogP contribution is 2.04. The average Bonchev–Trinajstić information content (AvgIpc) is 2.09. The molecule has 0 aliphatic rings. The smallest absolute Gasteiger partial charge is 0.145 e. The number of aryl methyl sites for hydroxylation is 1. The third-order valence-electron chi connectivity index (χ3n) is 1.44. The highest BCUT2D eigenvalue weighted by Gasteiger charge is 2.03. The number of aliphatic hydroxyl groups excluding tert-OH is 1. The molecular weight excluding hydrogens is 142 g/mol. The van der Waals surface area contributed by atoms with Gasteiger partial charge in [0.25, 0.3) is 0 Å². The normalized spacial score (nSPS) is 13.4.